The summed E-state index contributed by atoms with van der Waals surface area (Å²) in [7, 11) is 2.01. The Kier molecular flexibility index (Phi) is 3.92. The number of likely N-dealkylation sites (tertiary alicyclic amines) is 1. The maximum Gasteiger partial charge on any atom is 0.161 e. The first kappa shape index (κ1) is 13.8. The number of Topliss-reactive ketones (excluding diaryl/α,β-unsaturated/α-hetero) is 1. The minimum Gasteiger partial charge on any atom is -0.379 e. The van der Waals surface area contributed by atoms with Gasteiger partial charge in [0.15, 0.2) is 5.78 Å². The number of hydrogen-bond acceptors (Lipinski definition) is 4. The van der Waals surface area contributed by atoms with Crippen molar-refractivity contribution in [1.29, 1.82) is 0 Å². The summed E-state index contributed by atoms with van der Waals surface area (Å²) < 4.78 is 7.46. The maximum atomic E-state index is 11.4. The minimum absolute atomic E-state index is 0.140. The monoisotopic (exact) mass is 277 g/mol. The van der Waals surface area contributed by atoms with Crippen molar-refractivity contribution < 1.29 is 9.53 Å². The summed E-state index contributed by atoms with van der Waals surface area (Å²) in [5.41, 5.74) is 2.03. The molecule has 0 aliphatic carbocycles. The number of carbonyl (C=O) groups excluding carboxylic acids is 1. The van der Waals surface area contributed by atoms with Crippen molar-refractivity contribution in [3.05, 3.63) is 23.5 Å². The van der Waals surface area contributed by atoms with Gasteiger partial charge in [-0.2, -0.15) is 0 Å². The fourth-order valence-corrected chi connectivity index (χ4v) is 3.03. The fourth-order valence-electron chi connectivity index (χ4n) is 3.03. The number of hydrogen-bond donors (Lipinski definition) is 0. The van der Waals surface area contributed by atoms with Gasteiger partial charge in [-0.25, -0.2) is 0 Å². The number of rotatable bonds is 4. The molecule has 2 saturated heterocycles. The normalized spacial score (nSPS) is 21.9. The number of nitrogens with zero attached hydrogens (tertiary/aromatic N) is 3. The Labute approximate surface area is 120 Å². The molecule has 2 fully saturated rings. The van der Waals surface area contributed by atoms with E-state index in [0.29, 0.717) is 6.04 Å². The summed E-state index contributed by atoms with van der Waals surface area (Å²) in [5, 5.41) is 0. The lowest BCUT2D eigenvalue weighted by molar-refractivity contribution is -0.0349. The molecule has 0 unspecified atom stereocenters. The van der Waals surface area contributed by atoms with Gasteiger partial charge in [0.2, 0.25) is 0 Å². The molecule has 0 amide bonds. The Morgan fingerprint density at radius 3 is 2.65 bits per heavy atom. The van der Waals surface area contributed by atoms with Gasteiger partial charge < -0.3 is 9.30 Å². The Morgan fingerprint density at radius 1 is 1.35 bits per heavy atom. The average Bonchev–Trinajstić information content (AvgIpc) is 2.76. The second-order valence-corrected chi connectivity index (χ2v) is 5.88. The first-order valence-corrected chi connectivity index (χ1v) is 7.34. The van der Waals surface area contributed by atoms with Crippen LogP contribution in [0.5, 0.6) is 0 Å². The number of carbonyl (C=O) groups is 1. The Morgan fingerprint density at radius 2 is 2.05 bits per heavy atom. The Balaban J connectivity index is 1.52. The molecule has 20 heavy (non-hydrogen) atoms. The van der Waals surface area contributed by atoms with Crippen molar-refractivity contribution in [2.45, 2.75) is 19.5 Å². The first-order chi connectivity index (χ1) is 9.63. The van der Waals surface area contributed by atoms with Crippen LogP contribution in [0, 0.1) is 0 Å². The molecule has 3 heterocycles. The highest BCUT2D eigenvalue weighted by atomic mass is 16.5. The molecule has 0 saturated carbocycles. The third kappa shape index (κ3) is 2.80. The van der Waals surface area contributed by atoms with E-state index < -0.39 is 0 Å². The molecular weight excluding hydrogens is 254 g/mol. The standard InChI is InChI=1S/C15H23N3O2/c1-12(19)13-7-14(16(2)8-13)9-17-10-15(11-17)18-3-5-20-6-4-18/h7-8,15H,3-6,9-11H2,1-2H3. The topological polar surface area (TPSA) is 37.7 Å². The number of aryl methyl sites for hydroxylation is 1. The Bertz CT molecular complexity index is 485. The van der Waals surface area contributed by atoms with Crippen molar-refractivity contribution in [2.75, 3.05) is 39.4 Å². The third-order valence-corrected chi connectivity index (χ3v) is 4.40. The van der Waals surface area contributed by atoms with Gasteiger partial charge in [0.25, 0.3) is 0 Å². The van der Waals surface area contributed by atoms with Crippen LogP contribution >= 0.6 is 0 Å². The second-order valence-electron chi connectivity index (χ2n) is 5.88. The summed E-state index contributed by atoms with van der Waals surface area (Å²) in [6.45, 7) is 8.68. The van der Waals surface area contributed by atoms with E-state index in [1.54, 1.807) is 6.92 Å². The number of aromatic nitrogens is 1. The zero-order valence-corrected chi connectivity index (χ0v) is 12.3. The average molecular weight is 277 g/mol. The highest BCUT2D eigenvalue weighted by Crippen LogP contribution is 2.20. The summed E-state index contributed by atoms with van der Waals surface area (Å²) in [6.07, 6.45) is 1.93. The van der Waals surface area contributed by atoms with E-state index in [9.17, 15) is 4.79 Å². The second kappa shape index (κ2) is 5.68. The lowest BCUT2D eigenvalue weighted by Gasteiger charge is -2.46. The molecule has 3 rings (SSSR count). The van der Waals surface area contributed by atoms with Crippen LogP contribution < -0.4 is 0 Å². The number of ether oxygens (including phenoxy) is 1. The predicted molar refractivity (Wildman–Crippen MR) is 76.9 cm³/mol. The summed E-state index contributed by atoms with van der Waals surface area (Å²) in [5.74, 6) is 0.140. The molecule has 0 aromatic carbocycles. The van der Waals surface area contributed by atoms with Crippen LogP contribution in [0.1, 0.15) is 23.0 Å². The molecule has 5 nitrogen and oxygen atoms in total. The minimum atomic E-state index is 0.140. The molecule has 0 N–H and O–H groups in total. The van der Waals surface area contributed by atoms with E-state index >= 15 is 0 Å². The SMILES string of the molecule is CC(=O)c1cc(CN2CC(N3CCOCC3)C2)n(C)c1. The van der Waals surface area contributed by atoms with Gasteiger partial charge in [-0.05, 0) is 13.0 Å². The van der Waals surface area contributed by atoms with Crippen LogP contribution in [-0.4, -0.2) is 65.6 Å². The smallest absolute Gasteiger partial charge is 0.161 e. The zero-order chi connectivity index (χ0) is 14.1. The first-order valence-electron chi connectivity index (χ1n) is 7.34. The quantitative estimate of drug-likeness (QED) is 0.761. The van der Waals surface area contributed by atoms with Gasteiger partial charge in [-0.1, -0.05) is 0 Å². The Hall–Kier alpha value is -1.17. The molecule has 1 aromatic rings. The van der Waals surface area contributed by atoms with Crippen LogP contribution in [0.4, 0.5) is 0 Å². The highest BCUT2D eigenvalue weighted by molar-refractivity contribution is 5.94. The van der Waals surface area contributed by atoms with E-state index in [1.807, 2.05) is 19.3 Å². The largest absolute Gasteiger partial charge is 0.379 e. The van der Waals surface area contributed by atoms with E-state index in [-0.39, 0.29) is 5.78 Å². The van der Waals surface area contributed by atoms with Gasteiger partial charge in [0.1, 0.15) is 0 Å². The van der Waals surface area contributed by atoms with Gasteiger partial charge in [0.05, 0.1) is 13.2 Å². The van der Waals surface area contributed by atoms with Crippen LogP contribution in [-0.2, 0) is 18.3 Å². The van der Waals surface area contributed by atoms with Crippen molar-refractivity contribution >= 4 is 5.78 Å². The third-order valence-electron chi connectivity index (χ3n) is 4.40. The van der Waals surface area contributed by atoms with Gasteiger partial charge in [-0.3, -0.25) is 14.6 Å². The number of morpholine rings is 1. The van der Waals surface area contributed by atoms with Gasteiger partial charge in [-0.15, -0.1) is 0 Å². The van der Waals surface area contributed by atoms with E-state index in [2.05, 4.69) is 14.4 Å². The highest BCUT2D eigenvalue weighted by Gasteiger charge is 2.32. The lowest BCUT2D eigenvalue weighted by Crippen LogP contribution is -2.61. The van der Waals surface area contributed by atoms with Crippen molar-refractivity contribution in [3.63, 3.8) is 0 Å². The fraction of sp³-hybridized carbons (Fsp3) is 0.667. The molecule has 1 aromatic heterocycles. The van der Waals surface area contributed by atoms with Gasteiger partial charge >= 0.3 is 0 Å². The molecule has 5 heteroatoms. The summed E-state index contributed by atoms with van der Waals surface area (Å²) in [4.78, 5) is 16.4. The summed E-state index contributed by atoms with van der Waals surface area (Å²) >= 11 is 0. The summed E-state index contributed by atoms with van der Waals surface area (Å²) in [6, 6.07) is 2.70. The molecule has 0 bridgehead atoms. The lowest BCUT2D eigenvalue weighted by atomic mass is 10.1. The molecule has 0 radical (unpaired) electrons. The van der Waals surface area contributed by atoms with Crippen LogP contribution in [0.2, 0.25) is 0 Å². The van der Waals surface area contributed by atoms with Crippen LogP contribution in [0.3, 0.4) is 0 Å². The zero-order valence-electron chi connectivity index (χ0n) is 12.3. The van der Waals surface area contributed by atoms with E-state index in [0.717, 1.165) is 51.5 Å². The van der Waals surface area contributed by atoms with Gasteiger partial charge in [0, 0.05) is 63.3 Å². The molecule has 2 aliphatic rings. The predicted octanol–water partition coefficient (Wildman–Crippen LogP) is 0.744. The molecule has 110 valence electrons. The van der Waals surface area contributed by atoms with Crippen LogP contribution in [0.15, 0.2) is 12.3 Å². The van der Waals surface area contributed by atoms with Crippen molar-refractivity contribution in [1.82, 2.24) is 14.4 Å². The molecule has 0 spiro atoms. The molecule has 2 aliphatic heterocycles. The van der Waals surface area contributed by atoms with Crippen molar-refractivity contribution in [3.8, 4) is 0 Å². The molecular formula is C15H23N3O2. The van der Waals surface area contributed by atoms with E-state index in [4.69, 9.17) is 4.74 Å². The molecule has 0 atom stereocenters. The van der Waals surface area contributed by atoms with Crippen molar-refractivity contribution in [2.24, 2.45) is 7.05 Å². The van der Waals surface area contributed by atoms with Crippen LogP contribution in [0.25, 0.3) is 0 Å². The number of ketones is 1. The van der Waals surface area contributed by atoms with E-state index in [1.165, 1.54) is 5.69 Å². The maximum absolute atomic E-state index is 11.4.